The Morgan fingerprint density at radius 3 is 2.67 bits per heavy atom. The zero-order chi connectivity index (χ0) is 15.2. The molecule has 0 saturated heterocycles. The van der Waals surface area contributed by atoms with Crippen molar-refractivity contribution in [1.29, 1.82) is 0 Å². The molecular weight excluding hydrogens is 290 g/mol. The molecule has 2 aromatic rings. The van der Waals surface area contributed by atoms with Gasteiger partial charge in [-0.1, -0.05) is 23.7 Å². The van der Waals surface area contributed by atoms with E-state index in [0.29, 0.717) is 36.2 Å². The molecule has 0 bridgehead atoms. The van der Waals surface area contributed by atoms with Crippen molar-refractivity contribution in [3.63, 3.8) is 0 Å². The van der Waals surface area contributed by atoms with Crippen LogP contribution in [0.25, 0.3) is 0 Å². The maximum Gasteiger partial charge on any atom is 0.258 e. The van der Waals surface area contributed by atoms with E-state index in [1.54, 1.807) is 23.0 Å². The average molecular weight is 308 g/mol. The van der Waals surface area contributed by atoms with E-state index in [-0.39, 0.29) is 5.91 Å². The first-order chi connectivity index (χ1) is 10.1. The number of carbonyl (C=O) groups excluding carboxylic acids is 1. The maximum absolute atomic E-state index is 12.2. The van der Waals surface area contributed by atoms with Crippen LogP contribution in [-0.4, -0.2) is 22.3 Å². The molecule has 1 N–H and O–H groups in total. The van der Waals surface area contributed by atoms with Crippen LogP contribution in [-0.2, 0) is 13.1 Å². The van der Waals surface area contributed by atoms with Crippen molar-refractivity contribution in [2.24, 2.45) is 0 Å². The van der Waals surface area contributed by atoms with Gasteiger partial charge < -0.3 is 10.1 Å². The first-order valence-electron chi connectivity index (χ1n) is 6.87. The second-order valence-corrected chi connectivity index (χ2v) is 4.88. The van der Waals surface area contributed by atoms with Crippen LogP contribution < -0.4 is 10.1 Å². The van der Waals surface area contributed by atoms with Gasteiger partial charge in [-0.15, -0.1) is 5.10 Å². The van der Waals surface area contributed by atoms with Crippen LogP contribution in [0.1, 0.15) is 29.8 Å². The third-order valence-corrected chi connectivity index (χ3v) is 3.20. The molecule has 6 heteroatoms. The summed E-state index contributed by atoms with van der Waals surface area (Å²) in [7, 11) is 0. The van der Waals surface area contributed by atoms with Crippen LogP contribution in [0.3, 0.4) is 0 Å². The molecule has 21 heavy (non-hydrogen) atoms. The molecule has 0 fully saturated rings. The summed E-state index contributed by atoms with van der Waals surface area (Å²) in [5.41, 5.74) is 1.43. The van der Waals surface area contributed by atoms with E-state index < -0.39 is 0 Å². The zero-order valence-corrected chi connectivity index (χ0v) is 12.9. The average Bonchev–Trinajstić information content (AvgIpc) is 2.90. The van der Waals surface area contributed by atoms with Crippen molar-refractivity contribution < 1.29 is 9.53 Å². The molecule has 1 aromatic heterocycles. The van der Waals surface area contributed by atoms with Crippen molar-refractivity contribution in [2.45, 2.75) is 26.9 Å². The molecule has 0 aliphatic carbocycles. The van der Waals surface area contributed by atoms with Gasteiger partial charge in [-0.25, -0.2) is 0 Å². The van der Waals surface area contributed by atoms with Crippen LogP contribution in [0.2, 0.25) is 5.02 Å². The van der Waals surface area contributed by atoms with Gasteiger partial charge in [-0.3, -0.25) is 9.48 Å². The Morgan fingerprint density at radius 1 is 1.33 bits per heavy atom. The summed E-state index contributed by atoms with van der Waals surface area (Å²) in [5, 5.41) is 7.75. The summed E-state index contributed by atoms with van der Waals surface area (Å²) >= 11 is 5.83. The number of hydrogen-bond acceptors (Lipinski definition) is 3. The summed E-state index contributed by atoms with van der Waals surface area (Å²) in [5.74, 6) is 0.168. The van der Waals surface area contributed by atoms with E-state index in [0.717, 1.165) is 5.56 Å². The zero-order valence-electron chi connectivity index (χ0n) is 12.1. The van der Waals surface area contributed by atoms with Gasteiger partial charge in [0.15, 0.2) is 0 Å². The smallest absolute Gasteiger partial charge is 0.258 e. The molecule has 1 amide bonds. The highest BCUT2D eigenvalue weighted by molar-refractivity contribution is 6.30. The molecule has 112 valence electrons. The Balaban J connectivity index is 2.05. The standard InChI is InChI=1S/C15H18ClN3O2/c1-3-19-10-13(15(18-19)21-4-2)14(20)17-9-11-5-7-12(16)8-6-11/h5-8,10H,3-4,9H2,1-2H3,(H,17,20). The quantitative estimate of drug-likeness (QED) is 0.893. The maximum atomic E-state index is 12.2. The Labute approximate surface area is 128 Å². The van der Waals surface area contributed by atoms with Crippen LogP contribution in [0, 0.1) is 0 Å². The van der Waals surface area contributed by atoms with E-state index in [9.17, 15) is 4.79 Å². The van der Waals surface area contributed by atoms with E-state index in [2.05, 4.69) is 10.4 Å². The lowest BCUT2D eigenvalue weighted by molar-refractivity contribution is 0.0947. The van der Waals surface area contributed by atoms with Crippen LogP contribution in [0.5, 0.6) is 5.88 Å². The van der Waals surface area contributed by atoms with Crippen LogP contribution in [0.15, 0.2) is 30.5 Å². The van der Waals surface area contributed by atoms with Gasteiger partial charge in [0.05, 0.1) is 6.61 Å². The molecule has 5 nitrogen and oxygen atoms in total. The normalized spacial score (nSPS) is 10.4. The highest BCUT2D eigenvalue weighted by atomic mass is 35.5. The summed E-state index contributed by atoms with van der Waals surface area (Å²) in [4.78, 5) is 12.2. The highest BCUT2D eigenvalue weighted by Gasteiger charge is 2.17. The fraction of sp³-hybridized carbons (Fsp3) is 0.333. The molecule has 1 heterocycles. The number of nitrogens with zero attached hydrogens (tertiary/aromatic N) is 2. The minimum atomic E-state index is -0.201. The third-order valence-electron chi connectivity index (χ3n) is 2.94. The van der Waals surface area contributed by atoms with Crippen LogP contribution in [0.4, 0.5) is 0 Å². The molecular formula is C15H18ClN3O2. The predicted molar refractivity (Wildman–Crippen MR) is 81.7 cm³/mol. The van der Waals surface area contributed by atoms with Crippen molar-refractivity contribution in [3.05, 3.63) is 46.6 Å². The lowest BCUT2D eigenvalue weighted by Gasteiger charge is -2.05. The van der Waals surface area contributed by atoms with E-state index >= 15 is 0 Å². The summed E-state index contributed by atoms with van der Waals surface area (Å²) in [6.45, 7) is 5.40. The minimum absolute atomic E-state index is 0.201. The number of carbonyl (C=O) groups is 1. The second kappa shape index (κ2) is 7.13. The van der Waals surface area contributed by atoms with E-state index in [1.165, 1.54) is 0 Å². The van der Waals surface area contributed by atoms with Crippen molar-refractivity contribution in [3.8, 4) is 5.88 Å². The Hall–Kier alpha value is -2.01. The minimum Gasteiger partial charge on any atom is -0.476 e. The predicted octanol–water partition coefficient (Wildman–Crippen LogP) is 2.89. The molecule has 0 atom stereocenters. The number of ether oxygens (including phenoxy) is 1. The fourth-order valence-corrected chi connectivity index (χ4v) is 1.97. The molecule has 0 spiro atoms. The van der Waals surface area contributed by atoms with Gasteiger partial charge in [-0.05, 0) is 31.5 Å². The molecule has 0 radical (unpaired) electrons. The largest absolute Gasteiger partial charge is 0.476 e. The lowest BCUT2D eigenvalue weighted by Crippen LogP contribution is -2.23. The SMILES string of the molecule is CCOc1nn(CC)cc1C(=O)NCc1ccc(Cl)cc1. The van der Waals surface area contributed by atoms with Gasteiger partial charge in [0, 0.05) is 24.3 Å². The summed E-state index contributed by atoms with van der Waals surface area (Å²) < 4.78 is 7.08. The molecule has 0 unspecified atom stereocenters. The van der Waals surface area contributed by atoms with Crippen molar-refractivity contribution >= 4 is 17.5 Å². The number of rotatable bonds is 6. The highest BCUT2D eigenvalue weighted by Crippen LogP contribution is 2.16. The number of aromatic nitrogens is 2. The first-order valence-corrected chi connectivity index (χ1v) is 7.24. The Bertz CT molecular complexity index is 608. The van der Waals surface area contributed by atoms with Crippen molar-refractivity contribution in [2.75, 3.05) is 6.61 Å². The molecule has 0 aliphatic rings. The molecule has 1 aromatic carbocycles. The molecule has 2 rings (SSSR count). The number of benzene rings is 1. The number of aryl methyl sites for hydroxylation is 1. The van der Waals surface area contributed by atoms with Crippen LogP contribution >= 0.6 is 11.6 Å². The van der Waals surface area contributed by atoms with E-state index in [4.69, 9.17) is 16.3 Å². The van der Waals surface area contributed by atoms with Gasteiger partial charge in [-0.2, -0.15) is 0 Å². The summed E-state index contributed by atoms with van der Waals surface area (Å²) in [6, 6.07) is 7.34. The first kappa shape index (κ1) is 15.4. The fourth-order valence-electron chi connectivity index (χ4n) is 1.84. The Kier molecular flexibility index (Phi) is 5.22. The van der Waals surface area contributed by atoms with Gasteiger partial charge in [0.1, 0.15) is 5.56 Å². The van der Waals surface area contributed by atoms with Gasteiger partial charge >= 0.3 is 0 Å². The number of hydrogen-bond donors (Lipinski definition) is 1. The topological polar surface area (TPSA) is 56.2 Å². The van der Waals surface area contributed by atoms with Crippen molar-refractivity contribution in [1.82, 2.24) is 15.1 Å². The number of nitrogens with one attached hydrogen (secondary N) is 1. The molecule has 0 aliphatic heterocycles. The number of halogens is 1. The summed E-state index contributed by atoms with van der Waals surface area (Å²) in [6.07, 6.45) is 1.70. The lowest BCUT2D eigenvalue weighted by atomic mass is 10.2. The molecule has 0 saturated carbocycles. The van der Waals surface area contributed by atoms with Gasteiger partial charge in [0.25, 0.3) is 5.91 Å². The van der Waals surface area contributed by atoms with Gasteiger partial charge in [0.2, 0.25) is 5.88 Å². The third kappa shape index (κ3) is 3.98. The second-order valence-electron chi connectivity index (χ2n) is 4.45. The Morgan fingerprint density at radius 2 is 2.05 bits per heavy atom. The van der Waals surface area contributed by atoms with E-state index in [1.807, 2.05) is 26.0 Å². The number of amides is 1. The monoisotopic (exact) mass is 307 g/mol.